The Morgan fingerprint density at radius 2 is 2.19 bits per heavy atom. The second-order valence-electron chi connectivity index (χ2n) is 6.42. The Hall–Kier alpha value is -1.87. The quantitative estimate of drug-likeness (QED) is 0.864. The van der Waals surface area contributed by atoms with Crippen molar-refractivity contribution < 1.29 is 27.6 Å². The van der Waals surface area contributed by atoms with Crippen LogP contribution < -0.4 is 0 Å². The van der Waals surface area contributed by atoms with Gasteiger partial charge in [-0.3, -0.25) is 4.79 Å². The van der Waals surface area contributed by atoms with Gasteiger partial charge in [0, 0.05) is 18.7 Å². The lowest BCUT2D eigenvalue weighted by molar-refractivity contribution is -0.156. The van der Waals surface area contributed by atoms with Gasteiger partial charge >= 0.3 is 6.18 Å². The number of carbonyl (C=O) groups excluding carboxylic acids is 1. The van der Waals surface area contributed by atoms with Gasteiger partial charge in [-0.2, -0.15) is 13.2 Å². The smallest absolute Gasteiger partial charge is 0.391 e. The minimum Gasteiger partial charge on any atom is -0.391 e. The van der Waals surface area contributed by atoms with Crippen molar-refractivity contribution in [2.45, 2.75) is 39.0 Å². The number of aliphatic hydroxyl groups is 1. The Bertz CT molecular complexity index is 800. The van der Waals surface area contributed by atoms with E-state index in [0.29, 0.717) is 16.3 Å². The summed E-state index contributed by atoms with van der Waals surface area (Å²) in [4.78, 5) is 15.1. The molecule has 0 radical (unpaired) electrons. The molecule has 2 aromatic heterocycles. The van der Waals surface area contributed by atoms with Gasteiger partial charge in [0.25, 0.3) is 5.91 Å². The average Bonchev–Trinajstić information content (AvgIpc) is 3.20. The summed E-state index contributed by atoms with van der Waals surface area (Å²) in [5, 5.41) is 13.6. The molecule has 5 nitrogen and oxygen atoms in total. The first-order valence-electron chi connectivity index (χ1n) is 8.33. The summed E-state index contributed by atoms with van der Waals surface area (Å²) in [6.07, 6.45) is -3.56. The first kappa shape index (κ1) is 18.9. The minimum atomic E-state index is -4.61. The van der Waals surface area contributed by atoms with Gasteiger partial charge in [-0.1, -0.05) is 18.5 Å². The number of hydrogen-bond acceptors (Lipinski definition) is 5. The molecule has 0 aromatic carbocycles. The molecule has 0 aliphatic carbocycles. The lowest BCUT2D eigenvalue weighted by Gasteiger charge is -2.35. The lowest BCUT2D eigenvalue weighted by atomic mass is 9.91. The van der Waals surface area contributed by atoms with Gasteiger partial charge in [-0.15, -0.1) is 11.3 Å². The number of rotatable bonds is 3. The van der Waals surface area contributed by atoms with E-state index in [2.05, 4.69) is 9.68 Å². The molecule has 9 heteroatoms. The number of aromatic nitrogens is 1. The topological polar surface area (TPSA) is 66.6 Å². The molecule has 2 aromatic rings. The van der Waals surface area contributed by atoms with Crippen LogP contribution in [-0.4, -0.2) is 40.3 Å². The molecular formula is C17H19F3N2O3S. The standard InChI is InChI=1S/C17H19F3N2O3S/c1-3-10-6-7-22(8-11(10)23)16(24)13-5-4-12(26-13)14-9(2)15(25-21-14)17(18,19)20/h4-5,10-11,23H,3,6-8H2,1-2H3/t10-,11+/m1/s1. The number of piperidine rings is 1. The largest absolute Gasteiger partial charge is 0.452 e. The Labute approximate surface area is 152 Å². The van der Waals surface area contributed by atoms with Crippen molar-refractivity contribution in [2.24, 2.45) is 5.92 Å². The van der Waals surface area contributed by atoms with Gasteiger partial charge in [-0.25, -0.2) is 0 Å². The van der Waals surface area contributed by atoms with E-state index in [9.17, 15) is 23.1 Å². The van der Waals surface area contributed by atoms with Gasteiger partial charge in [0.1, 0.15) is 5.69 Å². The average molecular weight is 388 g/mol. The lowest BCUT2D eigenvalue weighted by Crippen LogP contribution is -2.46. The van der Waals surface area contributed by atoms with Gasteiger partial charge in [0.2, 0.25) is 5.76 Å². The molecular weight excluding hydrogens is 369 g/mol. The van der Waals surface area contributed by atoms with Gasteiger partial charge in [0.05, 0.1) is 15.9 Å². The fourth-order valence-electron chi connectivity index (χ4n) is 3.21. The molecule has 142 valence electrons. The molecule has 1 saturated heterocycles. The zero-order chi connectivity index (χ0) is 19.1. The molecule has 1 fully saturated rings. The van der Waals surface area contributed by atoms with Crippen LogP contribution in [-0.2, 0) is 6.18 Å². The third-order valence-electron chi connectivity index (χ3n) is 4.76. The second-order valence-corrected chi connectivity index (χ2v) is 7.51. The number of nitrogens with zero attached hydrogens (tertiary/aromatic N) is 2. The highest BCUT2D eigenvalue weighted by Gasteiger charge is 2.39. The third-order valence-corrected chi connectivity index (χ3v) is 5.84. The number of alkyl halides is 3. The molecule has 1 amide bonds. The van der Waals surface area contributed by atoms with Crippen molar-refractivity contribution in [3.63, 3.8) is 0 Å². The van der Waals surface area contributed by atoms with Crippen LogP contribution in [0.1, 0.15) is 40.8 Å². The fraction of sp³-hybridized carbons (Fsp3) is 0.529. The molecule has 3 heterocycles. The van der Waals surface area contributed by atoms with Crippen molar-refractivity contribution in [2.75, 3.05) is 13.1 Å². The van der Waals surface area contributed by atoms with Crippen LogP contribution in [0.4, 0.5) is 13.2 Å². The second kappa shape index (κ2) is 7.03. The first-order valence-corrected chi connectivity index (χ1v) is 9.15. The molecule has 0 spiro atoms. The number of β-amino-alcohol motifs (C(OH)–C–C–N with tert-alkyl or cyclic N) is 1. The number of likely N-dealkylation sites (tertiary alicyclic amines) is 1. The SMILES string of the molecule is CC[C@@H]1CCN(C(=O)c2ccc(-c3noc(C(F)(F)F)c3C)s2)C[C@@H]1O. The zero-order valence-corrected chi connectivity index (χ0v) is 15.2. The van der Waals surface area contributed by atoms with Crippen molar-refractivity contribution in [1.82, 2.24) is 10.1 Å². The van der Waals surface area contributed by atoms with Crippen LogP contribution >= 0.6 is 11.3 Å². The number of amides is 1. The van der Waals surface area contributed by atoms with E-state index < -0.39 is 18.0 Å². The number of carbonyl (C=O) groups is 1. The maximum Gasteiger partial charge on any atom is 0.452 e. The van der Waals surface area contributed by atoms with Crippen LogP contribution in [0, 0.1) is 12.8 Å². The van der Waals surface area contributed by atoms with E-state index >= 15 is 0 Å². The highest BCUT2D eigenvalue weighted by molar-refractivity contribution is 7.17. The predicted molar refractivity (Wildman–Crippen MR) is 89.9 cm³/mol. The van der Waals surface area contributed by atoms with Crippen molar-refractivity contribution in [3.05, 3.63) is 28.3 Å². The molecule has 1 aliphatic heterocycles. The molecule has 26 heavy (non-hydrogen) atoms. The molecule has 1 N–H and O–H groups in total. The monoisotopic (exact) mass is 388 g/mol. The number of hydrogen-bond donors (Lipinski definition) is 1. The number of aliphatic hydroxyl groups excluding tert-OH is 1. The zero-order valence-electron chi connectivity index (χ0n) is 14.3. The minimum absolute atomic E-state index is 0.0890. The van der Waals surface area contributed by atoms with Crippen LogP contribution in [0.5, 0.6) is 0 Å². The van der Waals surface area contributed by atoms with E-state index in [0.717, 1.165) is 24.2 Å². The summed E-state index contributed by atoms with van der Waals surface area (Å²) in [7, 11) is 0. The van der Waals surface area contributed by atoms with Gasteiger partial charge in [-0.05, 0) is 31.4 Å². The summed E-state index contributed by atoms with van der Waals surface area (Å²) >= 11 is 1.07. The van der Waals surface area contributed by atoms with Crippen LogP contribution in [0.3, 0.4) is 0 Å². The van der Waals surface area contributed by atoms with E-state index in [1.807, 2.05) is 6.92 Å². The molecule has 1 aliphatic rings. The van der Waals surface area contributed by atoms with Gasteiger partial charge in [0.15, 0.2) is 0 Å². The number of thiophene rings is 1. The van der Waals surface area contributed by atoms with E-state index in [4.69, 9.17) is 0 Å². The van der Waals surface area contributed by atoms with E-state index in [-0.39, 0.29) is 29.6 Å². The Kier molecular flexibility index (Phi) is 5.12. The van der Waals surface area contributed by atoms with Crippen LogP contribution in [0.15, 0.2) is 16.7 Å². The Morgan fingerprint density at radius 3 is 2.77 bits per heavy atom. The third kappa shape index (κ3) is 3.50. The normalized spacial score (nSPS) is 21.2. The van der Waals surface area contributed by atoms with Crippen molar-refractivity contribution in [3.8, 4) is 10.6 Å². The molecule has 0 bridgehead atoms. The molecule has 3 rings (SSSR count). The van der Waals surface area contributed by atoms with Gasteiger partial charge < -0.3 is 14.5 Å². The summed E-state index contributed by atoms with van der Waals surface area (Å²) in [5.74, 6) is -1.16. The molecule has 0 unspecified atom stereocenters. The van der Waals surface area contributed by atoms with Crippen molar-refractivity contribution >= 4 is 17.2 Å². The first-order chi connectivity index (χ1) is 12.2. The number of halogens is 3. The van der Waals surface area contributed by atoms with Crippen LogP contribution in [0.2, 0.25) is 0 Å². The summed E-state index contributed by atoms with van der Waals surface area (Å²) < 4.78 is 43.0. The highest BCUT2D eigenvalue weighted by atomic mass is 32.1. The van der Waals surface area contributed by atoms with Crippen molar-refractivity contribution in [1.29, 1.82) is 0 Å². The maximum atomic E-state index is 12.8. The Balaban J connectivity index is 1.78. The fourth-order valence-corrected chi connectivity index (χ4v) is 4.22. The summed E-state index contributed by atoms with van der Waals surface area (Å²) in [6.45, 7) is 4.13. The summed E-state index contributed by atoms with van der Waals surface area (Å²) in [6, 6.07) is 3.14. The predicted octanol–water partition coefficient (Wildman–Crippen LogP) is 3.96. The van der Waals surface area contributed by atoms with Crippen LogP contribution in [0.25, 0.3) is 10.6 Å². The van der Waals surface area contributed by atoms with E-state index in [1.165, 1.54) is 6.92 Å². The molecule has 0 saturated carbocycles. The Morgan fingerprint density at radius 1 is 1.46 bits per heavy atom. The molecule has 2 atom stereocenters. The summed E-state index contributed by atoms with van der Waals surface area (Å²) in [5.41, 5.74) is -0.0105. The van der Waals surface area contributed by atoms with E-state index in [1.54, 1.807) is 17.0 Å². The maximum absolute atomic E-state index is 12.8. The highest BCUT2D eigenvalue weighted by Crippen LogP contribution is 2.38.